The van der Waals surface area contributed by atoms with Crippen LogP contribution in [0.4, 0.5) is 0 Å². The van der Waals surface area contributed by atoms with Crippen molar-refractivity contribution in [1.82, 2.24) is 0 Å². The second kappa shape index (κ2) is 6.08. The number of hydrogen-bond acceptors (Lipinski definition) is 3. The largest absolute Gasteiger partial charge is 0.489 e. The van der Waals surface area contributed by atoms with Crippen molar-refractivity contribution in [3.05, 3.63) is 23.8 Å². The lowest BCUT2D eigenvalue weighted by molar-refractivity contribution is 0.0669. The van der Waals surface area contributed by atoms with E-state index in [1.165, 1.54) is 11.8 Å². The zero-order valence-electron chi connectivity index (χ0n) is 12.3. The lowest BCUT2D eigenvalue weighted by atomic mass is 9.76. The average molecular weight is 294 g/mol. The molecule has 0 aliphatic heterocycles. The lowest BCUT2D eigenvalue weighted by Crippen LogP contribution is -2.28. The van der Waals surface area contributed by atoms with Gasteiger partial charge in [0, 0.05) is 4.90 Å². The van der Waals surface area contributed by atoms with Gasteiger partial charge in [-0.25, -0.2) is 4.79 Å². The van der Waals surface area contributed by atoms with Crippen molar-refractivity contribution in [3.8, 4) is 5.75 Å². The summed E-state index contributed by atoms with van der Waals surface area (Å²) in [5, 5.41) is 9.40. The SMILES string of the molecule is CSc1cccc(OC2CCC(C)(C)CC2)c1C(=O)O. The van der Waals surface area contributed by atoms with E-state index in [0.29, 0.717) is 16.7 Å². The zero-order valence-corrected chi connectivity index (χ0v) is 13.1. The predicted molar refractivity (Wildman–Crippen MR) is 81.8 cm³/mol. The topological polar surface area (TPSA) is 46.5 Å². The highest BCUT2D eigenvalue weighted by Gasteiger charge is 2.29. The van der Waals surface area contributed by atoms with Gasteiger partial charge in [0.15, 0.2) is 0 Å². The molecule has 1 fully saturated rings. The Hall–Kier alpha value is -1.16. The van der Waals surface area contributed by atoms with E-state index in [4.69, 9.17) is 4.74 Å². The van der Waals surface area contributed by atoms with Crippen molar-refractivity contribution in [2.75, 3.05) is 6.26 Å². The molecule has 0 spiro atoms. The molecule has 20 heavy (non-hydrogen) atoms. The normalized spacial score (nSPS) is 18.8. The molecule has 0 saturated heterocycles. The molecule has 1 aliphatic rings. The number of ether oxygens (including phenoxy) is 1. The van der Waals surface area contributed by atoms with Gasteiger partial charge in [-0.3, -0.25) is 0 Å². The van der Waals surface area contributed by atoms with Gasteiger partial charge in [0.2, 0.25) is 0 Å². The number of rotatable bonds is 4. The summed E-state index contributed by atoms with van der Waals surface area (Å²) in [4.78, 5) is 12.2. The fourth-order valence-electron chi connectivity index (χ4n) is 2.66. The molecule has 1 aliphatic carbocycles. The average Bonchev–Trinajstić information content (AvgIpc) is 2.40. The molecule has 0 radical (unpaired) electrons. The number of thioether (sulfide) groups is 1. The molecular weight excluding hydrogens is 272 g/mol. The minimum absolute atomic E-state index is 0.137. The van der Waals surface area contributed by atoms with E-state index >= 15 is 0 Å². The summed E-state index contributed by atoms with van der Waals surface area (Å²) in [6.45, 7) is 4.56. The fourth-order valence-corrected chi connectivity index (χ4v) is 3.27. The Kier molecular flexibility index (Phi) is 4.63. The van der Waals surface area contributed by atoms with Crippen LogP contribution in [-0.4, -0.2) is 23.4 Å². The molecule has 0 bridgehead atoms. The molecule has 1 saturated carbocycles. The van der Waals surface area contributed by atoms with Crippen molar-refractivity contribution in [2.45, 2.75) is 50.5 Å². The van der Waals surface area contributed by atoms with Crippen LogP contribution in [0.3, 0.4) is 0 Å². The minimum atomic E-state index is -0.916. The number of hydrogen-bond donors (Lipinski definition) is 1. The first kappa shape index (κ1) is 15.2. The van der Waals surface area contributed by atoms with Crippen LogP contribution in [0.5, 0.6) is 5.75 Å². The van der Waals surface area contributed by atoms with Gasteiger partial charge in [0.05, 0.1) is 6.10 Å². The first-order valence-corrected chi connectivity index (χ1v) is 8.22. The summed E-state index contributed by atoms with van der Waals surface area (Å²) in [6.07, 6.45) is 6.27. The second-order valence-corrected chi connectivity index (χ2v) is 6.97. The minimum Gasteiger partial charge on any atom is -0.489 e. The number of benzene rings is 1. The summed E-state index contributed by atoms with van der Waals surface area (Å²) >= 11 is 1.44. The molecule has 2 rings (SSSR count). The number of aromatic carboxylic acids is 1. The second-order valence-electron chi connectivity index (χ2n) is 6.12. The van der Waals surface area contributed by atoms with Gasteiger partial charge in [-0.1, -0.05) is 19.9 Å². The fraction of sp³-hybridized carbons (Fsp3) is 0.562. The van der Waals surface area contributed by atoms with Gasteiger partial charge in [-0.15, -0.1) is 11.8 Å². The van der Waals surface area contributed by atoms with Gasteiger partial charge in [0.1, 0.15) is 11.3 Å². The standard InChI is InChI=1S/C16H22O3S/c1-16(2)9-7-11(8-10-16)19-12-5-4-6-13(20-3)14(12)15(17)18/h4-6,11H,7-10H2,1-3H3,(H,17,18). The molecule has 1 aromatic rings. The van der Waals surface area contributed by atoms with Crippen LogP contribution in [0.2, 0.25) is 0 Å². The monoisotopic (exact) mass is 294 g/mol. The molecule has 110 valence electrons. The Bertz CT molecular complexity index is 486. The molecule has 4 heteroatoms. The van der Waals surface area contributed by atoms with Crippen molar-refractivity contribution in [1.29, 1.82) is 0 Å². The molecular formula is C16H22O3S. The Balaban J connectivity index is 2.16. The third kappa shape index (κ3) is 3.48. The first-order chi connectivity index (χ1) is 9.43. The highest BCUT2D eigenvalue weighted by molar-refractivity contribution is 7.98. The molecule has 0 heterocycles. The van der Waals surface area contributed by atoms with E-state index in [2.05, 4.69) is 13.8 Å². The van der Waals surface area contributed by atoms with Crippen LogP contribution in [0, 0.1) is 5.41 Å². The van der Waals surface area contributed by atoms with Crippen molar-refractivity contribution >= 4 is 17.7 Å². The maximum atomic E-state index is 11.5. The molecule has 1 N–H and O–H groups in total. The highest BCUT2D eigenvalue weighted by atomic mass is 32.2. The smallest absolute Gasteiger partial charge is 0.340 e. The van der Waals surface area contributed by atoms with Crippen molar-refractivity contribution in [2.24, 2.45) is 5.41 Å². The summed E-state index contributed by atoms with van der Waals surface area (Å²) < 4.78 is 5.99. The number of carbonyl (C=O) groups is 1. The summed E-state index contributed by atoms with van der Waals surface area (Å²) in [7, 11) is 0. The van der Waals surface area contributed by atoms with Gasteiger partial charge < -0.3 is 9.84 Å². The van der Waals surface area contributed by atoms with E-state index in [-0.39, 0.29) is 6.10 Å². The maximum absolute atomic E-state index is 11.5. The van der Waals surface area contributed by atoms with Gasteiger partial charge >= 0.3 is 5.97 Å². The number of carboxylic acids is 1. The first-order valence-electron chi connectivity index (χ1n) is 7.00. The van der Waals surface area contributed by atoms with Gasteiger partial charge in [-0.05, 0) is 49.5 Å². The molecule has 0 aromatic heterocycles. The van der Waals surface area contributed by atoms with Crippen LogP contribution < -0.4 is 4.74 Å². The summed E-state index contributed by atoms with van der Waals surface area (Å²) in [6, 6.07) is 5.45. The molecule has 3 nitrogen and oxygen atoms in total. The quantitative estimate of drug-likeness (QED) is 0.833. The van der Waals surface area contributed by atoms with E-state index in [1.54, 1.807) is 6.07 Å². The van der Waals surface area contributed by atoms with Crippen LogP contribution in [-0.2, 0) is 0 Å². The van der Waals surface area contributed by atoms with Gasteiger partial charge in [0.25, 0.3) is 0 Å². The maximum Gasteiger partial charge on any atom is 0.340 e. The Labute approximate surface area is 124 Å². The lowest BCUT2D eigenvalue weighted by Gasteiger charge is -2.34. The number of carboxylic acid groups (broad SMARTS) is 1. The van der Waals surface area contributed by atoms with Crippen LogP contribution in [0.15, 0.2) is 23.1 Å². The van der Waals surface area contributed by atoms with Crippen LogP contribution in [0.1, 0.15) is 49.9 Å². The van der Waals surface area contributed by atoms with Crippen molar-refractivity contribution < 1.29 is 14.6 Å². The molecule has 0 atom stereocenters. The van der Waals surface area contributed by atoms with Gasteiger partial charge in [-0.2, -0.15) is 0 Å². The van der Waals surface area contributed by atoms with Crippen LogP contribution >= 0.6 is 11.8 Å². The summed E-state index contributed by atoms with van der Waals surface area (Å²) in [5.74, 6) is -0.407. The molecule has 0 unspecified atom stereocenters. The third-order valence-corrected chi connectivity index (χ3v) is 4.78. The Morgan fingerprint density at radius 1 is 1.35 bits per heavy atom. The Morgan fingerprint density at radius 3 is 2.55 bits per heavy atom. The summed E-state index contributed by atoms with van der Waals surface area (Å²) in [5.41, 5.74) is 0.682. The molecule has 1 aromatic carbocycles. The van der Waals surface area contributed by atoms with Crippen molar-refractivity contribution in [3.63, 3.8) is 0 Å². The van der Waals surface area contributed by atoms with E-state index < -0.39 is 5.97 Å². The van der Waals surface area contributed by atoms with E-state index in [9.17, 15) is 9.90 Å². The zero-order chi connectivity index (χ0) is 14.8. The Morgan fingerprint density at radius 2 is 2.00 bits per heavy atom. The highest BCUT2D eigenvalue weighted by Crippen LogP contribution is 2.38. The molecule has 0 amide bonds. The van der Waals surface area contributed by atoms with Crippen LogP contribution in [0.25, 0.3) is 0 Å². The predicted octanol–water partition coefficient (Wildman–Crippen LogP) is 4.45. The third-order valence-electron chi connectivity index (χ3n) is 4.00. The van der Waals surface area contributed by atoms with E-state index in [0.717, 1.165) is 30.6 Å². The van der Waals surface area contributed by atoms with E-state index in [1.807, 2.05) is 18.4 Å².